The first-order valence-electron chi connectivity index (χ1n) is 6.89. The van der Waals surface area contributed by atoms with E-state index in [1.807, 2.05) is 0 Å². The van der Waals surface area contributed by atoms with E-state index in [-0.39, 0.29) is 5.91 Å². The van der Waals surface area contributed by atoms with Crippen LogP contribution in [0, 0.1) is 0 Å². The number of amides is 1. The summed E-state index contributed by atoms with van der Waals surface area (Å²) in [6.45, 7) is 9.00. The van der Waals surface area contributed by atoms with Gasteiger partial charge in [0, 0.05) is 12.5 Å². The van der Waals surface area contributed by atoms with E-state index in [2.05, 4.69) is 31.1 Å². The molecular formula is C13H29N3O. The highest BCUT2D eigenvalue weighted by molar-refractivity contribution is 5.75. The van der Waals surface area contributed by atoms with Crippen molar-refractivity contribution in [3.8, 4) is 0 Å². The van der Waals surface area contributed by atoms with Crippen LogP contribution in [0.2, 0.25) is 0 Å². The SMILES string of the molecule is CCCCN(CCCCC(=O)NN)C(C)CC. The Balaban J connectivity index is 3.78. The number of nitrogens with zero attached hydrogens (tertiary/aromatic N) is 1. The largest absolute Gasteiger partial charge is 0.301 e. The van der Waals surface area contributed by atoms with Crippen molar-refractivity contribution < 1.29 is 4.79 Å². The minimum absolute atomic E-state index is 0.0614. The lowest BCUT2D eigenvalue weighted by molar-refractivity contribution is -0.121. The summed E-state index contributed by atoms with van der Waals surface area (Å²) >= 11 is 0. The highest BCUT2D eigenvalue weighted by atomic mass is 16.2. The summed E-state index contributed by atoms with van der Waals surface area (Å²) in [4.78, 5) is 13.5. The number of nitrogens with two attached hydrogens (primary N) is 1. The van der Waals surface area contributed by atoms with Crippen LogP contribution in [0.5, 0.6) is 0 Å². The van der Waals surface area contributed by atoms with Crippen LogP contribution in [0.3, 0.4) is 0 Å². The summed E-state index contributed by atoms with van der Waals surface area (Å²) in [6.07, 6.45) is 6.21. The molecule has 102 valence electrons. The average molecular weight is 243 g/mol. The molecule has 1 atom stereocenters. The average Bonchev–Trinajstić information content (AvgIpc) is 2.36. The Morgan fingerprint density at radius 1 is 1.24 bits per heavy atom. The topological polar surface area (TPSA) is 58.4 Å². The molecule has 4 heteroatoms. The normalized spacial score (nSPS) is 12.8. The Hall–Kier alpha value is -0.610. The fourth-order valence-electron chi connectivity index (χ4n) is 1.84. The molecule has 0 rings (SSSR count). The van der Waals surface area contributed by atoms with Crippen molar-refractivity contribution in [3.63, 3.8) is 0 Å². The third-order valence-corrected chi connectivity index (χ3v) is 3.27. The zero-order valence-corrected chi connectivity index (χ0v) is 11.7. The number of hydrogen-bond donors (Lipinski definition) is 2. The smallest absolute Gasteiger partial charge is 0.233 e. The number of carbonyl (C=O) groups excluding carboxylic acids is 1. The second kappa shape index (κ2) is 10.5. The predicted molar refractivity (Wildman–Crippen MR) is 72.4 cm³/mol. The van der Waals surface area contributed by atoms with Gasteiger partial charge in [0.15, 0.2) is 0 Å². The van der Waals surface area contributed by atoms with Gasteiger partial charge in [0.05, 0.1) is 0 Å². The van der Waals surface area contributed by atoms with Gasteiger partial charge in [-0.1, -0.05) is 20.3 Å². The number of carbonyl (C=O) groups is 1. The highest BCUT2D eigenvalue weighted by Gasteiger charge is 2.10. The van der Waals surface area contributed by atoms with Crippen molar-refractivity contribution in [2.75, 3.05) is 13.1 Å². The molecule has 4 nitrogen and oxygen atoms in total. The van der Waals surface area contributed by atoms with Gasteiger partial charge in [-0.3, -0.25) is 10.2 Å². The summed E-state index contributed by atoms with van der Waals surface area (Å²) < 4.78 is 0. The van der Waals surface area contributed by atoms with Crippen LogP contribution in [0.1, 0.15) is 59.3 Å². The summed E-state index contributed by atoms with van der Waals surface area (Å²) in [6, 6.07) is 0.643. The van der Waals surface area contributed by atoms with Gasteiger partial charge in [0.2, 0.25) is 5.91 Å². The molecule has 0 saturated carbocycles. The van der Waals surface area contributed by atoms with Crippen LogP contribution >= 0.6 is 0 Å². The first-order chi connectivity index (χ1) is 8.15. The summed E-state index contributed by atoms with van der Waals surface area (Å²) in [5.41, 5.74) is 2.17. The van der Waals surface area contributed by atoms with Crippen LogP contribution in [0.25, 0.3) is 0 Å². The van der Waals surface area contributed by atoms with Crippen LogP contribution < -0.4 is 11.3 Å². The second-order valence-corrected chi connectivity index (χ2v) is 4.67. The zero-order valence-electron chi connectivity index (χ0n) is 11.7. The predicted octanol–water partition coefficient (Wildman–Crippen LogP) is 2.05. The highest BCUT2D eigenvalue weighted by Crippen LogP contribution is 2.08. The summed E-state index contributed by atoms with van der Waals surface area (Å²) in [5.74, 6) is 4.98. The fraction of sp³-hybridized carbons (Fsp3) is 0.923. The number of nitrogens with one attached hydrogen (secondary N) is 1. The van der Waals surface area contributed by atoms with Crippen LogP contribution in [-0.2, 0) is 4.79 Å². The molecule has 0 spiro atoms. The maximum Gasteiger partial charge on any atom is 0.233 e. The molecule has 0 aromatic heterocycles. The molecule has 0 aromatic rings. The van der Waals surface area contributed by atoms with Crippen molar-refractivity contribution in [1.82, 2.24) is 10.3 Å². The maximum absolute atomic E-state index is 11.0. The molecule has 0 fully saturated rings. The Morgan fingerprint density at radius 3 is 2.41 bits per heavy atom. The van der Waals surface area contributed by atoms with Crippen molar-refractivity contribution in [1.29, 1.82) is 0 Å². The van der Waals surface area contributed by atoms with E-state index in [0.29, 0.717) is 12.5 Å². The standard InChI is InChI=1S/C13H29N3O/c1-4-6-10-16(12(3)5-2)11-8-7-9-13(17)15-14/h12H,4-11,14H2,1-3H3,(H,15,17). The van der Waals surface area contributed by atoms with Gasteiger partial charge in [-0.25, -0.2) is 5.84 Å². The molecule has 0 saturated heterocycles. The summed E-state index contributed by atoms with van der Waals surface area (Å²) in [7, 11) is 0. The number of hydrogen-bond acceptors (Lipinski definition) is 3. The Morgan fingerprint density at radius 2 is 1.88 bits per heavy atom. The second-order valence-electron chi connectivity index (χ2n) is 4.67. The number of unbranched alkanes of at least 4 members (excludes halogenated alkanes) is 2. The van der Waals surface area contributed by atoms with Crippen molar-refractivity contribution in [2.24, 2.45) is 5.84 Å². The molecule has 1 amide bonds. The molecular weight excluding hydrogens is 214 g/mol. The minimum atomic E-state index is -0.0614. The van der Waals surface area contributed by atoms with E-state index >= 15 is 0 Å². The fourth-order valence-corrected chi connectivity index (χ4v) is 1.84. The Kier molecular flexibility index (Phi) is 10.2. The van der Waals surface area contributed by atoms with Crippen molar-refractivity contribution in [2.45, 2.75) is 65.3 Å². The first kappa shape index (κ1) is 16.4. The van der Waals surface area contributed by atoms with Gasteiger partial charge in [0.1, 0.15) is 0 Å². The van der Waals surface area contributed by atoms with E-state index in [0.717, 1.165) is 19.4 Å². The van der Waals surface area contributed by atoms with Gasteiger partial charge in [-0.15, -0.1) is 0 Å². The molecule has 0 bridgehead atoms. The number of hydrazine groups is 1. The number of rotatable bonds is 10. The maximum atomic E-state index is 11.0. The Bertz CT molecular complexity index is 197. The lowest BCUT2D eigenvalue weighted by Crippen LogP contribution is -2.34. The molecule has 3 N–H and O–H groups in total. The quantitative estimate of drug-likeness (QED) is 0.267. The van der Waals surface area contributed by atoms with Crippen LogP contribution in [0.4, 0.5) is 0 Å². The van der Waals surface area contributed by atoms with E-state index in [1.165, 1.54) is 25.8 Å². The minimum Gasteiger partial charge on any atom is -0.301 e. The third-order valence-electron chi connectivity index (χ3n) is 3.27. The molecule has 0 aliphatic carbocycles. The van der Waals surface area contributed by atoms with E-state index < -0.39 is 0 Å². The van der Waals surface area contributed by atoms with Gasteiger partial charge in [0.25, 0.3) is 0 Å². The monoisotopic (exact) mass is 243 g/mol. The Labute approximate surface area is 106 Å². The molecule has 0 aliphatic rings. The van der Waals surface area contributed by atoms with E-state index in [9.17, 15) is 4.79 Å². The van der Waals surface area contributed by atoms with Crippen LogP contribution in [-0.4, -0.2) is 29.9 Å². The third kappa shape index (κ3) is 8.16. The van der Waals surface area contributed by atoms with Gasteiger partial charge >= 0.3 is 0 Å². The first-order valence-corrected chi connectivity index (χ1v) is 6.89. The lowest BCUT2D eigenvalue weighted by Gasteiger charge is -2.28. The van der Waals surface area contributed by atoms with Gasteiger partial charge in [-0.05, 0) is 45.7 Å². The van der Waals surface area contributed by atoms with Gasteiger partial charge < -0.3 is 4.90 Å². The van der Waals surface area contributed by atoms with E-state index in [4.69, 9.17) is 5.84 Å². The molecule has 0 aromatic carbocycles. The molecule has 0 heterocycles. The molecule has 17 heavy (non-hydrogen) atoms. The van der Waals surface area contributed by atoms with Gasteiger partial charge in [-0.2, -0.15) is 0 Å². The zero-order chi connectivity index (χ0) is 13.1. The molecule has 1 unspecified atom stereocenters. The van der Waals surface area contributed by atoms with E-state index in [1.54, 1.807) is 0 Å². The molecule has 0 radical (unpaired) electrons. The van der Waals surface area contributed by atoms with Crippen molar-refractivity contribution in [3.05, 3.63) is 0 Å². The van der Waals surface area contributed by atoms with Crippen molar-refractivity contribution >= 4 is 5.91 Å². The van der Waals surface area contributed by atoms with Crippen LogP contribution in [0.15, 0.2) is 0 Å². The lowest BCUT2D eigenvalue weighted by atomic mass is 10.1. The molecule has 0 aliphatic heterocycles. The summed E-state index contributed by atoms with van der Waals surface area (Å²) in [5, 5.41) is 0.